The molecule has 4 rings (SSSR count). The molecule has 0 bridgehead atoms. The smallest absolute Gasteiger partial charge is 0.373 e. The molecule has 2 heterocycles. The van der Waals surface area contributed by atoms with Crippen LogP contribution in [0.3, 0.4) is 0 Å². The minimum Gasteiger partial charge on any atom is -0.493 e. The number of ether oxygens (including phenoxy) is 3. The van der Waals surface area contributed by atoms with E-state index >= 15 is 0 Å². The Morgan fingerprint density at radius 2 is 1.89 bits per heavy atom. The van der Waals surface area contributed by atoms with Crippen molar-refractivity contribution in [2.24, 2.45) is 0 Å². The number of hydrogen-bond acceptors (Lipinski definition) is 7. The summed E-state index contributed by atoms with van der Waals surface area (Å²) < 4.78 is 21.4. The highest BCUT2D eigenvalue weighted by atomic mass is 35.5. The van der Waals surface area contributed by atoms with Gasteiger partial charge in [0.05, 0.1) is 20.8 Å². The average molecular weight is 497 g/mol. The summed E-state index contributed by atoms with van der Waals surface area (Å²) in [6.07, 6.45) is 1.47. The number of esters is 1. The minimum absolute atomic E-state index is 0.0172. The van der Waals surface area contributed by atoms with Crippen LogP contribution in [0.25, 0.3) is 6.08 Å². The molecule has 1 aromatic heterocycles. The lowest BCUT2D eigenvalue weighted by Crippen LogP contribution is -2.30. The zero-order valence-corrected chi connectivity index (χ0v) is 19.6. The van der Waals surface area contributed by atoms with E-state index in [1.807, 2.05) is 30.3 Å². The van der Waals surface area contributed by atoms with Crippen LogP contribution in [0.15, 0.2) is 64.7 Å². The summed E-state index contributed by atoms with van der Waals surface area (Å²) in [5.41, 5.74) is 1.40. The molecular weight excluding hydrogens is 476 g/mol. The molecule has 0 spiro atoms. The Kier molecular flexibility index (Phi) is 7.07. The van der Waals surface area contributed by atoms with Crippen molar-refractivity contribution in [3.63, 3.8) is 0 Å². The Hall–Kier alpha value is -4.24. The van der Waals surface area contributed by atoms with Crippen molar-refractivity contribution in [3.8, 4) is 11.5 Å². The van der Waals surface area contributed by atoms with Gasteiger partial charge in [-0.3, -0.25) is 9.69 Å². The van der Waals surface area contributed by atoms with E-state index < -0.39 is 17.9 Å². The fourth-order valence-corrected chi connectivity index (χ4v) is 3.65. The summed E-state index contributed by atoms with van der Waals surface area (Å²) >= 11 is 6.25. The number of nitrogens with zero attached hydrogens (tertiary/aromatic N) is 1. The number of methoxy groups -OCH3 is 2. The number of furan rings is 1. The minimum atomic E-state index is -0.660. The van der Waals surface area contributed by atoms with Crippen LogP contribution in [0.1, 0.15) is 27.4 Å². The summed E-state index contributed by atoms with van der Waals surface area (Å²) in [6, 6.07) is 15.0. The first kappa shape index (κ1) is 23.9. The summed E-state index contributed by atoms with van der Waals surface area (Å²) in [4.78, 5) is 38.0. The predicted octanol–water partition coefficient (Wildman–Crippen LogP) is 4.40. The van der Waals surface area contributed by atoms with Gasteiger partial charge >= 0.3 is 12.0 Å². The topological polar surface area (TPSA) is 107 Å². The lowest BCUT2D eigenvalue weighted by atomic mass is 10.1. The van der Waals surface area contributed by atoms with Crippen molar-refractivity contribution in [2.45, 2.75) is 13.2 Å². The molecule has 0 aliphatic carbocycles. The first-order valence-corrected chi connectivity index (χ1v) is 10.8. The maximum absolute atomic E-state index is 13.0. The Balaban J connectivity index is 1.59. The van der Waals surface area contributed by atoms with Gasteiger partial charge in [0.1, 0.15) is 18.1 Å². The standard InChI is InChI=1S/C25H21ClN2O7/c1-32-21-12-17(26)10-16(22(21)34-14-15-6-4-3-5-7-15)11-19-23(29)28(25(31)27-19)13-18-8-9-20(35-18)24(30)33-2/h3-12H,13-14H2,1-2H3,(H,27,31). The summed E-state index contributed by atoms with van der Waals surface area (Å²) in [6.45, 7) is 0.0810. The van der Waals surface area contributed by atoms with Gasteiger partial charge in [-0.25, -0.2) is 9.59 Å². The molecule has 9 nitrogen and oxygen atoms in total. The Morgan fingerprint density at radius 3 is 2.60 bits per heavy atom. The molecule has 0 saturated carbocycles. The monoisotopic (exact) mass is 496 g/mol. The van der Waals surface area contributed by atoms with Crippen molar-refractivity contribution in [2.75, 3.05) is 14.2 Å². The van der Waals surface area contributed by atoms with Crippen LogP contribution in [0, 0.1) is 0 Å². The van der Waals surface area contributed by atoms with E-state index in [2.05, 4.69) is 10.1 Å². The van der Waals surface area contributed by atoms with Crippen molar-refractivity contribution >= 4 is 35.6 Å². The molecule has 0 unspecified atom stereocenters. The van der Waals surface area contributed by atoms with Crippen LogP contribution in [0.5, 0.6) is 11.5 Å². The zero-order valence-electron chi connectivity index (χ0n) is 18.9. The first-order valence-electron chi connectivity index (χ1n) is 10.5. The molecular formula is C25H21ClN2O7. The Bertz CT molecular complexity index is 1300. The molecule has 1 aliphatic rings. The summed E-state index contributed by atoms with van der Waals surface area (Å²) in [7, 11) is 2.70. The average Bonchev–Trinajstić information content (AvgIpc) is 3.43. The summed E-state index contributed by atoms with van der Waals surface area (Å²) in [5, 5.41) is 2.91. The molecule has 0 radical (unpaired) electrons. The van der Waals surface area contributed by atoms with E-state index in [-0.39, 0.29) is 30.4 Å². The van der Waals surface area contributed by atoms with E-state index in [1.165, 1.54) is 32.4 Å². The van der Waals surface area contributed by atoms with Gasteiger partial charge in [0.2, 0.25) is 5.76 Å². The van der Waals surface area contributed by atoms with Crippen LogP contribution in [0.2, 0.25) is 5.02 Å². The van der Waals surface area contributed by atoms with Gasteiger partial charge in [-0.2, -0.15) is 0 Å². The highest BCUT2D eigenvalue weighted by Crippen LogP contribution is 2.37. The first-order chi connectivity index (χ1) is 16.9. The number of hydrogen-bond donors (Lipinski definition) is 1. The van der Waals surface area contributed by atoms with Crippen molar-refractivity contribution in [1.29, 1.82) is 0 Å². The highest BCUT2D eigenvalue weighted by molar-refractivity contribution is 6.31. The molecule has 1 N–H and O–H groups in total. The van der Waals surface area contributed by atoms with Crippen LogP contribution in [-0.4, -0.2) is 37.0 Å². The van der Waals surface area contributed by atoms with E-state index in [4.69, 9.17) is 25.5 Å². The number of imide groups is 1. The van der Waals surface area contributed by atoms with Gasteiger partial charge in [-0.15, -0.1) is 0 Å². The van der Waals surface area contributed by atoms with E-state index in [0.29, 0.717) is 22.1 Å². The second-order valence-electron chi connectivity index (χ2n) is 7.44. The lowest BCUT2D eigenvalue weighted by Gasteiger charge is -2.14. The third-order valence-electron chi connectivity index (χ3n) is 5.12. The van der Waals surface area contributed by atoms with Gasteiger partial charge in [0.25, 0.3) is 5.91 Å². The SMILES string of the molecule is COC(=O)c1ccc(CN2C(=O)NC(=Cc3cc(Cl)cc(OC)c3OCc3ccccc3)C2=O)o1. The number of amides is 3. The van der Waals surface area contributed by atoms with Crippen molar-refractivity contribution < 1.29 is 33.0 Å². The van der Waals surface area contributed by atoms with E-state index in [1.54, 1.807) is 12.1 Å². The maximum atomic E-state index is 13.0. The highest BCUT2D eigenvalue weighted by Gasteiger charge is 2.34. The van der Waals surface area contributed by atoms with Crippen LogP contribution in [-0.2, 0) is 22.7 Å². The quantitative estimate of drug-likeness (QED) is 0.280. The van der Waals surface area contributed by atoms with E-state index in [9.17, 15) is 14.4 Å². The molecule has 3 aromatic rings. The number of halogens is 1. The van der Waals surface area contributed by atoms with Crippen LogP contribution in [0.4, 0.5) is 4.79 Å². The molecule has 1 fully saturated rings. The van der Waals surface area contributed by atoms with Gasteiger partial charge in [-0.1, -0.05) is 41.9 Å². The fraction of sp³-hybridized carbons (Fsp3) is 0.160. The number of carbonyl (C=O) groups is 3. The molecule has 35 heavy (non-hydrogen) atoms. The zero-order chi connectivity index (χ0) is 24.9. The van der Waals surface area contributed by atoms with Crippen LogP contribution < -0.4 is 14.8 Å². The fourth-order valence-electron chi connectivity index (χ4n) is 3.43. The Labute approximate surface area is 205 Å². The maximum Gasteiger partial charge on any atom is 0.373 e. The Morgan fingerprint density at radius 1 is 1.11 bits per heavy atom. The third-order valence-corrected chi connectivity index (χ3v) is 5.34. The number of nitrogens with one attached hydrogen (secondary N) is 1. The molecule has 2 aromatic carbocycles. The number of carbonyl (C=O) groups excluding carboxylic acids is 3. The molecule has 1 aliphatic heterocycles. The van der Waals surface area contributed by atoms with Gasteiger partial charge in [0, 0.05) is 16.7 Å². The summed E-state index contributed by atoms with van der Waals surface area (Å²) in [5.74, 6) is -0.295. The lowest BCUT2D eigenvalue weighted by molar-refractivity contribution is -0.123. The molecule has 10 heteroatoms. The molecule has 180 valence electrons. The van der Waals surface area contributed by atoms with Crippen LogP contribution >= 0.6 is 11.6 Å². The largest absolute Gasteiger partial charge is 0.493 e. The predicted molar refractivity (Wildman–Crippen MR) is 126 cm³/mol. The second kappa shape index (κ2) is 10.4. The number of benzene rings is 2. The number of urea groups is 1. The normalized spacial score (nSPS) is 14.3. The number of rotatable bonds is 8. The molecule has 3 amide bonds. The molecule has 0 atom stereocenters. The van der Waals surface area contributed by atoms with Gasteiger partial charge in [0.15, 0.2) is 11.5 Å². The van der Waals surface area contributed by atoms with Crippen molar-refractivity contribution in [3.05, 3.63) is 88.0 Å². The van der Waals surface area contributed by atoms with Crippen molar-refractivity contribution in [1.82, 2.24) is 10.2 Å². The van der Waals surface area contributed by atoms with E-state index in [0.717, 1.165) is 10.5 Å². The second-order valence-corrected chi connectivity index (χ2v) is 7.87. The van der Waals surface area contributed by atoms with Gasteiger partial charge < -0.3 is 23.9 Å². The molecule has 1 saturated heterocycles. The third kappa shape index (κ3) is 5.30. The van der Waals surface area contributed by atoms with Gasteiger partial charge in [-0.05, 0) is 29.8 Å².